The minimum absolute atomic E-state index is 0.114. The van der Waals surface area contributed by atoms with Gasteiger partial charge < -0.3 is 9.64 Å². The highest BCUT2D eigenvalue weighted by molar-refractivity contribution is 5.99. The molecule has 0 saturated heterocycles. The molecule has 2 rings (SSSR count). The molecule has 0 atom stereocenters. The van der Waals surface area contributed by atoms with Gasteiger partial charge in [0.25, 0.3) is 0 Å². The Balaban J connectivity index is 2.06. The van der Waals surface area contributed by atoms with Gasteiger partial charge in [0.15, 0.2) is 5.78 Å². The molecule has 0 spiro atoms. The lowest BCUT2D eigenvalue weighted by molar-refractivity contribution is 0.100. The van der Waals surface area contributed by atoms with Crippen molar-refractivity contribution in [3.63, 3.8) is 0 Å². The number of benzene rings is 2. The van der Waals surface area contributed by atoms with Gasteiger partial charge in [0.2, 0.25) is 0 Å². The van der Waals surface area contributed by atoms with E-state index in [1.807, 2.05) is 60.5 Å². The summed E-state index contributed by atoms with van der Waals surface area (Å²) < 4.78 is 5.21. The van der Waals surface area contributed by atoms with Gasteiger partial charge in [-0.25, -0.2) is 0 Å². The van der Waals surface area contributed by atoms with Crippen molar-refractivity contribution in [2.75, 3.05) is 25.6 Å². The molecular formula is C18H21NO2. The van der Waals surface area contributed by atoms with Gasteiger partial charge in [-0.15, -0.1) is 0 Å². The second kappa shape index (κ2) is 6.93. The number of rotatable bonds is 6. The molecule has 0 bridgehead atoms. The number of carbonyl (C=O) groups excluding carboxylic acids is 1. The molecule has 2 aromatic rings. The van der Waals surface area contributed by atoms with Crippen LogP contribution in [0.25, 0.3) is 0 Å². The first-order valence-corrected chi connectivity index (χ1v) is 7.11. The highest BCUT2D eigenvalue weighted by Crippen LogP contribution is 2.20. The molecule has 0 fully saturated rings. The van der Waals surface area contributed by atoms with E-state index in [4.69, 9.17) is 4.74 Å². The number of aryl methyl sites for hydroxylation is 1. The summed E-state index contributed by atoms with van der Waals surface area (Å²) in [6, 6.07) is 15.5. The molecule has 110 valence electrons. The molecule has 2 aromatic carbocycles. The monoisotopic (exact) mass is 283 g/mol. The molecule has 0 heterocycles. The van der Waals surface area contributed by atoms with Gasteiger partial charge in [0.1, 0.15) is 5.75 Å². The average Bonchev–Trinajstić information content (AvgIpc) is 2.54. The van der Waals surface area contributed by atoms with Crippen LogP contribution in [0.3, 0.4) is 0 Å². The van der Waals surface area contributed by atoms with Gasteiger partial charge in [0, 0.05) is 24.4 Å². The molecule has 0 saturated carbocycles. The summed E-state index contributed by atoms with van der Waals surface area (Å²) in [6.07, 6.45) is 0.984. The molecule has 3 heteroatoms. The number of ketones is 1. The molecular weight excluding hydrogens is 262 g/mol. The van der Waals surface area contributed by atoms with Crippen LogP contribution in [0.1, 0.15) is 22.8 Å². The van der Waals surface area contributed by atoms with E-state index in [0.29, 0.717) is 6.54 Å². The van der Waals surface area contributed by atoms with Gasteiger partial charge in [-0.05, 0) is 24.1 Å². The number of likely N-dealkylation sites (N-methyl/N-ethyl adjacent to an activating group) is 1. The van der Waals surface area contributed by atoms with Gasteiger partial charge in [-0.3, -0.25) is 4.79 Å². The number of anilines is 1. The molecule has 0 aliphatic carbocycles. The molecule has 0 radical (unpaired) electrons. The quantitative estimate of drug-likeness (QED) is 0.759. The molecule has 0 aliphatic heterocycles. The Kier molecular flexibility index (Phi) is 4.99. The fourth-order valence-electron chi connectivity index (χ4n) is 2.17. The predicted molar refractivity (Wildman–Crippen MR) is 86.4 cm³/mol. The molecule has 0 unspecified atom stereocenters. The Morgan fingerprint density at radius 3 is 2.48 bits per heavy atom. The number of hydrogen-bond acceptors (Lipinski definition) is 3. The summed E-state index contributed by atoms with van der Waals surface area (Å²) in [5, 5.41) is 0. The van der Waals surface area contributed by atoms with Gasteiger partial charge in [0.05, 0.1) is 13.7 Å². The van der Waals surface area contributed by atoms with Crippen LogP contribution in [0.2, 0.25) is 0 Å². The van der Waals surface area contributed by atoms with Crippen molar-refractivity contribution in [2.45, 2.75) is 13.3 Å². The first kappa shape index (κ1) is 15.1. The topological polar surface area (TPSA) is 29.5 Å². The third-order valence-corrected chi connectivity index (χ3v) is 3.56. The lowest BCUT2D eigenvalue weighted by atomic mass is 10.1. The summed E-state index contributed by atoms with van der Waals surface area (Å²) in [4.78, 5) is 14.2. The van der Waals surface area contributed by atoms with Crippen LogP contribution >= 0.6 is 0 Å². The molecule has 21 heavy (non-hydrogen) atoms. The minimum Gasteiger partial charge on any atom is -0.497 e. The summed E-state index contributed by atoms with van der Waals surface area (Å²) in [7, 11) is 3.55. The molecule has 0 aliphatic rings. The summed E-state index contributed by atoms with van der Waals surface area (Å²) in [6.45, 7) is 2.45. The maximum Gasteiger partial charge on any atom is 0.182 e. The number of nitrogens with zero attached hydrogens (tertiary/aromatic N) is 1. The fraction of sp³-hybridized carbons (Fsp3) is 0.278. The average molecular weight is 283 g/mol. The van der Waals surface area contributed by atoms with Crippen molar-refractivity contribution < 1.29 is 9.53 Å². The number of ether oxygens (including phenoxy) is 1. The van der Waals surface area contributed by atoms with E-state index in [0.717, 1.165) is 23.4 Å². The second-order valence-corrected chi connectivity index (χ2v) is 5.03. The highest BCUT2D eigenvalue weighted by atomic mass is 16.5. The number of Topliss-reactive ketones (excluding diaryl/α,β-unsaturated/α-hetero) is 1. The maximum atomic E-state index is 12.3. The fourth-order valence-corrected chi connectivity index (χ4v) is 2.17. The molecule has 0 N–H and O–H groups in total. The van der Waals surface area contributed by atoms with Crippen LogP contribution in [0.15, 0.2) is 48.5 Å². The number of hydrogen-bond donors (Lipinski definition) is 0. The van der Waals surface area contributed by atoms with Crippen molar-refractivity contribution in [1.29, 1.82) is 0 Å². The first-order valence-electron chi connectivity index (χ1n) is 7.11. The van der Waals surface area contributed by atoms with Crippen molar-refractivity contribution in [1.82, 2.24) is 0 Å². The Morgan fingerprint density at radius 1 is 1.14 bits per heavy atom. The third-order valence-electron chi connectivity index (χ3n) is 3.56. The zero-order chi connectivity index (χ0) is 15.2. The van der Waals surface area contributed by atoms with Crippen molar-refractivity contribution >= 4 is 11.5 Å². The van der Waals surface area contributed by atoms with Crippen molar-refractivity contribution in [3.8, 4) is 5.75 Å². The zero-order valence-electron chi connectivity index (χ0n) is 12.8. The zero-order valence-corrected chi connectivity index (χ0v) is 12.8. The smallest absolute Gasteiger partial charge is 0.182 e. The first-order chi connectivity index (χ1) is 10.1. The van der Waals surface area contributed by atoms with Crippen LogP contribution < -0.4 is 9.64 Å². The van der Waals surface area contributed by atoms with Crippen molar-refractivity contribution in [3.05, 3.63) is 59.7 Å². The normalized spacial score (nSPS) is 10.2. The minimum atomic E-state index is 0.114. The third kappa shape index (κ3) is 3.85. The predicted octanol–water partition coefficient (Wildman–Crippen LogP) is 3.58. The van der Waals surface area contributed by atoms with Gasteiger partial charge in [-0.1, -0.05) is 37.3 Å². The van der Waals surface area contributed by atoms with Crippen LogP contribution in [0, 0.1) is 0 Å². The summed E-state index contributed by atoms with van der Waals surface area (Å²) in [5.41, 5.74) is 2.96. The lowest BCUT2D eigenvalue weighted by Crippen LogP contribution is -2.25. The van der Waals surface area contributed by atoms with Crippen LogP contribution in [0.4, 0.5) is 5.69 Å². The maximum absolute atomic E-state index is 12.3. The van der Waals surface area contributed by atoms with E-state index in [1.54, 1.807) is 7.11 Å². The van der Waals surface area contributed by atoms with E-state index >= 15 is 0 Å². The van der Waals surface area contributed by atoms with E-state index in [-0.39, 0.29) is 5.78 Å². The Morgan fingerprint density at radius 2 is 1.86 bits per heavy atom. The standard InChI is InChI=1S/C18H21NO2/c1-4-14-8-10-15(11-9-14)18(20)13-19(2)16-6-5-7-17(12-16)21-3/h5-12H,4,13H2,1-3H3. The Bertz CT molecular complexity index is 605. The van der Waals surface area contributed by atoms with E-state index < -0.39 is 0 Å². The van der Waals surface area contributed by atoms with E-state index in [1.165, 1.54) is 5.56 Å². The summed E-state index contributed by atoms with van der Waals surface area (Å²) in [5.74, 6) is 0.905. The number of carbonyl (C=O) groups is 1. The van der Waals surface area contributed by atoms with E-state index in [9.17, 15) is 4.79 Å². The Labute approximate surface area is 126 Å². The van der Waals surface area contributed by atoms with Crippen molar-refractivity contribution in [2.24, 2.45) is 0 Å². The molecule has 3 nitrogen and oxygen atoms in total. The molecule has 0 aromatic heterocycles. The van der Waals surface area contributed by atoms with Gasteiger partial charge >= 0.3 is 0 Å². The van der Waals surface area contributed by atoms with E-state index in [2.05, 4.69) is 6.92 Å². The van der Waals surface area contributed by atoms with Crippen LogP contribution in [0.5, 0.6) is 5.75 Å². The second-order valence-electron chi connectivity index (χ2n) is 5.03. The molecule has 0 amide bonds. The largest absolute Gasteiger partial charge is 0.497 e. The number of methoxy groups -OCH3 is 1. The SMILES string of the molecule is CCc1ccc(C(=O)CN(C)c2cccc(OC)c2)cc1. The lowest BCUT2D eigenvalue weighted by Gasteiger charge is -2.19. The van der Waals surface area contributed by atoms with Crippen LogP contribution in [-0.2, 0) is 6.42 Å². The van der Waals surface area contributed by atoms with Gasteiger partial charge in [-0.2, -0.15) is 0 Å². The highest BCUT2D eigenvalue weighted by Gasteiger charge is 2.10. The van der Waals surface area contributed by atoms with Crippen LogP contribution in [-0.4, -0.2) is 26.5 Å². The Hall–Kier alpha value is -2.29. The summed E-state index contributed by atoms with van der Waals surface area (Å²) >= 11 is 0.